The molecule has 0 bridgehead atoms. The minimum absolute atomic E-state index is 0.195. The largest absolute Gasteiger partial charge is 0.435 e. The lowest BCUT2D eigenvalue weighted by Gasteiger charge is -2.06. The van der Waals surface area contributed by atoms with Crippen LogP contribution in [0, 0.1) is 0 Å². The van der Waals surface area contributed by atoms with E-state index < -0.39 is 11.9 Å². The van der Waals surface area contributed by atoms with E-state index in [-0.39, 0.29) is 11.7 Å². The summed E-state index contributed by atoms with van der Waals surface area (Å²) in [7, 11) is 0. The topological polar surface area (TPSA) is 56.2 Å². The van der Waals surface area contributed by atoms with Gasteiger partial charge in [0.1, 0.15) is 5.82 Å². The fourth-order valence-electron chi connectivity index (χ4n) is 1.86. The summed E-state index contributed by atoms with van der Waals surface area (Å²) in [5.74, 6) is 0.473. The number of aromatic nitrogens is 3. The van der Waals surface area contributed by atoms with E-state index in [0.717, 1.165) is 18.9 Å². The molecule has 4 nitrogen and oxygen atoms in total. The summed E-state index contributed by atoms with van der Waals surface area (Å²) in [4.78, 5) is 4.01. The van der Waals surface area contributed by atoms with Crippen molar-refractivity contribution in [2.45, 2.75) is 24.9 Å². The van der Waals surface area contributed by atoms with Crippen LogP contribution in [-0.2, 0) is 6.18 Å². The Hall–Kier alpha value is -1.79. The average Bonchev–Trinajstić information content (AvgIpc) is 2.99. The highest BCUT2D eigenvalue weighted by molar-refractivity contribution is 5.53. The van der Waals surface area contributed by atoms with Crippen molar-refractivity contribution < 1.29 is 13.2 Å². The van der Waals surface area contributed by atoms with Crippen LogP contribution in [0.25, 0.3) is 5.65 Å². The average molecular weight is 242 g/mol. The van der Waals surface area contributed by atoms with Gasteiger partial charge in [0.15, 0.2) is 11.3 Å². The molecule has 0 aliphatic heterocycles. The summed E-state index contributed by atoms with van der Waals surface area (Å²) < 4.78 is 38.8. The van der Waals surface area contributed by atoms with Gasteiger partial charge in [-0.1, -0.05) is 0 Å². The minimum atomic E-state index is -4.45. The van der Waals surface area contributed by atoms with Crippen LogP contribution >= 0.6 is 0 Å². The molecule has 2 aromatic rings. The smallest absolute Gasteiger partial charge is 0.382 e. The van der Waals surface area contributed by atoms with Crippen molar-refractivity contribution in [3.63, 3.8) is 0 Å². The Morgan fingerprint density at radius 2 is 2.00 bits per heavy atom. The zero-order valence-corrected chi connectivity index (χ0v) is 8.70. The van der Waals surface area contributed by atoms with Crippen LogP contribution in [0.3, 0.4) is 0 Å². The van der Waals surface area contributed by atoms with Gasteiger partial charge in [-0.25, -0.2) is 9.50 Å². The van der Waals surface area contributed by atoms with Gasteiger partial charge in [-0.3, -0.25) is 0 Å². The summed E-state index contributed by atoms with van der Waals surface area (Å²) in [5.41, 5.74) is 5.74. The van der Waals surface area contributed by atoms with Crippen LogP contribution in [0.15, 0.2) is 12.1 Å². The molecule has 0 atom stereocenters. The third-order valence-corrected chi connectivity index (χ3v) is 2.80. The molecule has 2 N–H and O–H groups in total. The lowest BCUT2D eigenvalue weighted by Crippen LogP contribution is -2.11. The molecule has 0 amide bonds. The van der Waals surface area contributed by atoms with E-state index in [1.54, 1.807) is 0 Å². The molecule has 0 spiro atoms. The summed E-state index contributed by atoms with van der Waals surface area (Å²) >= 11 is 0. The third kappa shape index (κ3) is 1.62. The maximum Gasteiger partial charge on any atom is 0.435 e. The molecule has 0 unspecified atom stereocenters. The number of nitrogens with zero attached hydrogens (tertiary/aromatic N) is 3. The van der Waals surface area contributed by atoms with Crippen LogP contribution in [0.2, 0.25) is 0 Å². The van der Waals surface area contributed by atoms with Gasteiger partial charge in [-0.2, -0.15) is 18.3 Å². The Morgan fingerprint density at radius 3 is 2.59 bits per heavy atom. The van der Waals surface area contributed by atoms with Crippen molar-refractivity contribution in [3.8, 4) is 0 Å². The number of rotatable bonds is 1. The molecule has 1 aliphatic rings. The fourth-order valence-corrected chi connectivity index (χ4v) is 1.86. The van der Waals surface area contributed by atoms with Crippen molar-refractivity contribution in [2.75, 3.05) is 5.73 Å². The molecule has 0 aromatic carbocycles. The van der Waals surface area contributed by atoms with Gasteiger partial charge in [-0.15, -0.1) is 0 Å². The number of alkyl halides is 3. The van der Waals surface area contributed by atoms with E-state index in [9.17, 15) is 13.2 Å². The molecule has 3 rings (SSSR count). The highest BCUT2D eigenvalue weighted by Gasteiger charge is 2.35. The monoisotopic (exact) mass is 242 g/mol. The maximum absolute atomic E-state index is 12.5. The molecule has 7 heteroatoms. The van der Waals surface area contributed by atoms with Crippen molar-refractivity contribution in [2.24, 2.45) is 0 Å². The van der Waals surface area contributed by atoms with Crippen molar-refractivity contribution in [1.82, 2.24) is 14.6 Å². The number of imidazole rings is 1. The van der Waals surface area contributed by atoms with E-state index in [0.29, 0.717) is 11.3 Å². The molecule has 1 fully saturated rings. The molecular weight excluding hydrogens is 233 g/mol. The Kier molecular flexibility index (Phi) is 1.90. The quantitative estimate of drug-likeness (QED) is 0.834. The van der Waals surface area contributed by atoms with Crippen molar-refractivity contribution in [1.29, 1.82) is 0 Å². The Labute approximate surface area is 94.2 Å². The first-order valence-corrected chi connectivity index (χ1v) is 5.19. The number of hydrogen-bond donors (Lipinski definition) is 1. The predicted octanol–water partition coefficient (Wildman–Crippen LogP) is 2.21. The van der Waals surface area contributed by atoms with Gasteiger partial charge in [0.2, 0.25) is 0 Å². The van der Waals surface area contributed by atoms with E-state index >= 15 is 0 Å². The predicted molar refractivity (Wildman–Crippen MR) is 54.4 cm³/mol. The van der Waals surface area contributed by atoms with Crippen LogP contribution in [0.1, 0.15) is 30.1 Å². The maximum atomic E-state index is 12.5. The van der Waals surface area contributed by atoms with Crippen LogP contribution < -0.4 is 5.73 Å². The minimum Gasteiger partial charge on any atom is -0.382 e. The number of nitrogens with two attached hydrogens (primary N) is 1. The second-order valence-corrected chi connectivity index (χ2v) is 4.14. The first-order valence-electron chi connectivity index (χ1n) is 5.19. The zero-order valence-electron chi connectivity index (χ0n) is 8.70. The third-order valence-electron chi connectivity index (χ3n) is 2.80. The zero-order chi connectivity index (χ0) is 12.2. The summed E-state index contributed by atoms with van der Waals surface area (Å²) in [6.07, 6.45) is -2.60. The SMILES string of the molecule is Nc1nc2ccc(C(F)(F)F)nn2c1C1CC1. The molecule has 90 valence electrons. The molecule has 1 aliphatic carbocycles. The van der Waals surface area contributed by atoms with E-state index in [4.69, 9.17) is 5.73 Å². The molecular formula is C10H9F3N4. The molecule has 17 heavy (non-hydrogen) atoms. The van der Waals surface area contributed by atoms with Crippen LogP contribution in [0.4, 0.5) is 19.0 Å². The summed E-state index contributed by atoms with van der Waals surface area (Å²) in [6, 6.07) is 2.20. The number of nitrogen functional groups attached to an aromatic ring is 1. The molecule has 2 heterocycles. The van der Waals surface area contributed by atoms with Gasteiger partial charge in [0.25, 0.3) is 0 Å². The van der Waals surface area contributed by atoms with Crippen molar-refractivity contribution in [3.05, 3.63) is 23.5 Å². The first-order chi connectivity index (χ1) is 7.97. The Morgan fingerprint density at radius 1 is 1.29 bits per heavy atom. The second kappa shape index (κ2) is 3.12. The number of fused-ring (bicyclic) bond motifs is 1. The second-order valence-electron chi connectivity index (χ2n) is 4.14. The number of halogens is 3. The number of hydrogen-bond acceptors (Lipinski definition) is 3. The van der Waals surface area contributed by atoms with Gasteiger partial charge in [0, 0.05) is 5.92 Å². The lowest BCUT2D eigenvalue weighted by molar-refractivity contribution is -0.141. The first kappa shape index (κ1) is 10.4. The molecule has 1 saturated carbocycles. The highest BCUT2D eigenvalue weighted by Crippen LogP contribution is 2.42. The normalized spacial score (nSPS) is 16.6. The Balaban J connectivity index is 2.23. The van der Waals surface area contributed by atoms with E-state index in [1.165, 1.54) is 10.6 Å². The van der Waals surface area contributed by atoms with Crippen molar-refractivity contribution >= 4 is 11.5 Å². The standard InChI is InChI=1S/C10H9F3N4/c11-10(12,13)6-3-4-7-15-9(14)8(5-1-2-5)17(7)16-6/h3-5H,1-2,14H2. The molecule has 0 saturated heterocycles. The van der Waals surface area contributed by atoms with Gasteiger partial charge in [-0.05, 0) is 25.0 Å². The van der Waals surface area contributed by atoms with E-state index in [2.05, 4.69) is 10.1 Å². The van der Waals surface area contributed by atoms with Gasteiger partial charge in [0.05, 0.1) is 5.69 Å². The summed E-state index contributed by atoms with van der Waals surface area (Å²) in [6.45, 7) is 0. The molecule has 0 radical (unpaired) electrons. The summed E-state index contributed by atoms with van der Waals surface area (Å²) in [5, 5.41) is 3.58. The lowest BCUT2D eigenvalue weighted by atomic mass is 10.3. The van der Waals surface area contributed by atoms with Gasteiger partial charge < -0.3 is 5.73 Å². The number of anilines is 1. The van der Waals surface area contributed by atoms with E-state index in [1.807, 2.05) is 0 Å². The van der Waals surface area contributed by atoms with Crippen LogP contribution in [0.5, 0.6) is 0 Å². The Bertz CT molecular complexity index is 583. The fraction of sp³-hybridized carbons (Fsp3) is 0.400. The highest BCUT2D eigenvalue weighted by atomic mass is 19.4. The van der Waals surface area contributed by atoms with Crippen LogP contribution in [-0.4, -0.2) is 14.6 Å². The molecule has 2 aromatic heterocycles. The van der Waals surface area contributed by atoms with Gasteiger partial charge >= 0.3 is 6.18 Å².